The van der Waals surface area contributed by atoms with Gasteiger partial charge in [-0.3, -0.25) is 0 Å². The van der Waals surface area contributed by atoms with Gasteiger partial charge in [0.1, 0.15) is 0 Å². The summed E-state index contributed by atoms with van der Waals surface area (Å²) < 4.78 is 32.0. The van der Waals surface area contributed by atoms with E-state index >= 15 is 0 Å². The van der Waals surface area contributed by atoms with E-state index in [9.17, 15) is 8.42 Å². The molecule has 1 rings (SSSR count). The summed E-state index contributed by atoms with van der Waals surface area (Å²) in [7, 11) is 3.21. The van der Waals surface area contributed by atoms with E-state index in [1.165, 1.54) is 0 Å². The molecule has 1 aromatic carbocycles. The highest BCUT2D eigenvalue weighted by Crippen LogP contribution is 2.27. The predicted molar refractivity (Wildman–Crippen MR) is 67.5 cm³/mol. The molecule has 0 aliphatic carbocycles. The Morgan fingerprint density at radius 2 is 2.00 bits per heavy atom. The van der Waals surface area contributed by atoms with E-state index < -0.39 is 9.05 Å². The van der Waals surface area contributed by atoms with Crippen molar-refractivity contribution in [3.8, 4) is 11.5 Å². The number of methoxy groups -OCH3 is 1. The number of benzene rings is 1. The zero-order chi connectivity index (χ0) is 12.9. The number of hydrogen-bond donors (Lipinski definition) is 0. The number of aryl methyl sites for hydroxylation is 1. The van der Waals surface area contributed by atoms with Crippen molar-refractivity contribution in [1.29, 1.82) is 0 Å². The normalized spacial score (nSPS) is 11.2. The van der Waals surface area contributed by atoms with Crippen LogP contribution in [0.25, 0.3) is 0 Å². The van der Waals surface area contributed by atoms with Crippen molar-refractivity contribution in [2.75, 3.05) is 19.5 Å². The minimum Gasteiger partial charge on any atom is -0.493 e. The van der Waals surface area contributed by atoms with E-state index in [1.54, 1.807) is 13.2 Å². The molecular weight excluding hydrogens is 264 g/mol. The highest BCUT2D eigenvalue weighted by Gasteiger charge is 2.07. The molecule has 0 heterocycles. The molecule has 0 radical (unpaired) electrons. The summed E-state index contributed by atoms with van der Waals surface area (Å²) in [6.45, 7) is 2.23. The molecule has 4 nitrogen and oxygen atoms in total. The lowest BCUT2D eigenvalue weighted by Crippen LogP contribution is -2.05. The Hall–Kier alpha value is -0.940. The molecule has 0 aliphatic heterocycles. The first-order chi connectivity index (χ1) is 7.92. The van der Waals surface area contributed by atoms with Gasteiger partial charge in [-0.05, 0) is 31.0 Å². The van der Waals surface area contributed by atoms with Gasteiger partial charge in [-0.25, -0.2) is 8.42 Å². The molecule has 0 amide bonds. The van der Waals surface area contributed by atoms with Crippen LogP contribution in [-0.4, -0.2) is 27.9 Å². The van der Waals surface area contributed by atoms with E-state index in [4.69, 9.17) is 20.2 Å². The van der Waals surface area contributed by atoms with Crippen LogP contribution in [0.1, 0.15) is 12.0 Å². The molecule has 0 bridgehead atoms. The minimum absolute atomic E-state index is 0.0945. The molecule has 17 heavy (non-hydrogen) atoms. The van der Waals surface area contributed by atoms with Gasteiger partial charge in [-0.1, -0.05) is 6.07 Å². The van der Waals surface area contributed by atoms with Crippen LogP contribution in [0, 0.1) is 6.92 Å². The average Bonchev–Trinajstić information content (AvgIpc) is 2.24. The molecule has 0 spiro atoms. The fourth-order valence-electron chi connectivity index (χ4n) is 1.31. The third-order valence-electron chi connectivity index (χ3n) is 2.11. The van der Waals surface area contributed by atoms with Gasteiger partial charge >= 0.3 is 0 Å². The van der Waals surface area contributed by atoms with E-state index in [0.717, 1.165) is 5.56 Å². The standard InChI is InChI=1S/C11H15ClO4S/c1-9-4-5-10(11(8-9)15-2)16-6-3-7-17(12,13)14/h4-5,8H,3,6-7H2,1-2H3. The van der Waals surface area contributed by atoms with E-state index in [0.29, 0.717) is 17.9 Å². The van der Waals surface area contributed by atoms with Crippen molar-refractivity contribution < 1.29 is 17.9 Å². The summed E-state index contributed by atoms with van der Waals surface area (Å²) in [5.74, 6) is 1.15. The topological polar surface area (TPSA) is 52.6 Å². The quantitative estimate of drug-likeness (QED) is 0.592. The largest absolute Gasteiger partial charge is 0.493 e. The lowest BCUT2D eigenvalue weighted by Gasteiger charge is -2.10. The van der Waals surface area contributed by atoms with Crippen molar-refractivity contribution in [3.63, 3.8) is 0 Å². The van der Waals surface area contributed by atoms with E-state index in [1.807, 2.05) is 19.1 Å². The molecule has 0 unspecified atom stereocenters. The number of halogens is 1. The second kappa shape index (κ2) is 6.12. The maximum absolute atomic E-state index is 10.7. The molecular formula is C11H15ClO4S. The summed E-state index contributed by atoms with van der Waals surface area (Å²) in [5.41, 5.74) is 1.07. The minimum atomic E-state index is -3.44. The Morgan fingerprint density at radius 3 is 2.59 bits per heavy atom. The first kappa shape index (κ1) is 14.1. The van der Waals surface area contributed by atoms with Gasteiger partial charge in [0.15, 0.2) is 11.5 Å². The molecule has 0 aromatic heterocycles. The third-order valence-corrected chi connectivity index (χ3v) is 3.35. The smallest absolute Gasteiger partial charge is 0.232 e. The second-order valence-corrected chi connectivity index (χ2v) is 6.50. The van der Waals surface area contributed by atoms with Gasteiger partial charge in [0.2, 0.25) is 9.05 Å². The maximum atomic E-state index is 10.7. The summed E-state index contributed by atoms with van der Waals surface area (Å²) in [6.07, 6.45) is 0.350. The number of hydrogen-bond acceptors (Lipinski definition) is 4. The van der Waals surface area contributed by atoms with Crippen LogP contribution in [0.5, 0.6) is 11.5 Å². The first-order valence-electron chi connectivity index (χ1n) is 5.12. The highest BCUT2D eigenvalue weighted by atomic mass is 35.7. The fourth-order valence-corrected chi connectivity index (χ4v) is 2.10. The average molecular weight is 279 g/mol. The van der Waals surface area contributed by atoms with Gasteiger partial charge in [0.25, 0.3) is 0 Å². The SMILES string of the molecule is COc1cc(C)ccc1OCCCS(=O)(=O)Cl. The second-order valence-electron chi connectivity index (χ2n) is 3.60. The molecule has 96 valence electrons. The van der Waals surface area contributed by atoms with Crippen LogP contribution in [0.3, 0.4) is 0 Å². The Labute approximate surface area is 106 Å². The zero-order valence-electron chi connectivity index (χ0n) is 9.77. The molecule has 1 aromatic rings. The molecule has 0 atom stereocenters. The van der Waals surface area contributed by atoms with Crippen molar-refractivity contribution in [3.05, 3.63) is 23.8 Å². The Morgan fingerprint density at radius 1 is 1.29 bits per heavy atom. The van der Waals surface area contributed by atoms with Crippen LogP contribution in [-0.2, 0) is 9.05 Å². The molecule has 0 aliphatic rings. The predicted octanol–water partition coefficient (Wildman–Crippen LogP) is 2.34. The number of rotatable bonds is 6. The van der Waals surface area contributed by atoms with Gasteiger partial charge in [0.05, 0.1) is 19.5 Å². The first-order valence-corrected chi connectivity index (χ1v) is 7.60. The van der Waals surface area contributed by atoms with Crippen LogP contribution in [0.15, 0.2) is 18.2 Å². The fraction of sp³-hybridized carbons (Fsp3) is 0.455. The van der Waals surface area contributed by atoms with E-state index in [-0.39, 0.29) is 12.4 Å². The Kier molecular flexibility index (Phi) is 5.08. The van der Waals surface area contributed by atoms with Crippen LogP contribution in [0.4, 0.5) is 0 Å². The monoisotopic (exact) mass is 278 g/mol. The third kappa shape index (κ3) is 5.28. The van der Waals surface area contributed by atoms with Crippen LogP contribution in [0.2, 0.25) is 0 Å². The Bertz CT molecular complexity index is 470. The summed E-state index contributed by atoms with van der Waals surface area (Å²) in [6, 6.07) is 5.55. The van der Waals surface area contributed by atoms with Crippen molar-refractivity contribution in [2.24, 2.45) is 0 Å². The van der Waals surface area contributed by atoms with E-state index in [2.05, 4.69) is 0 Å². The van der Waals surface area contributed by atoms with Crippen LogP contribution < -0.4 is 9.47 Å². The summed E-state index contributed by atoms with van der Waals surface area (Å²) in [4.78, 5) is 0. The van der Waals surface area contributed by atoms with Crippen molar-refractivity contribution in [1.82, 2.24) is 0 Å². The maximum Gasteiger partial charge on any atom is 0.232 e. The highest BCUT2D eigenvalue weighted by molar-refractivity contribution is 8.13. The molecule has 0 fully saturated rings. The summed E-state index contributed by atoms with van der Waals surface area (Å²) >= 11 is 0. The molecule has 0 saturated carbocycles. The molecule has 0 N–H and O–H groups in total. The van der Waals surface area contributed by atoms with Crippen LogP contribution >= 0.6 is 10.7 Å². The Balaban J connectivity index is 2.52. The van der Waals surface area contributed by atoms with Gasteiger partial charge < -0.3 is 9.47 Å². The molecule has 6 heteroatoms. The zero-order valence-corrected chi connectivity index (χ0v) is 11.3. The van der Waals surface area contributed by atoms with Gasteiger partial charge in [0, 0.05) is 10.7 Å². The lowest BCUT2D eigenvalue weighted by molar-refractivity contribution is 0.294. The van der Waals surface area contributed by atoms with Crippen molar-refractivity contribution in [2.45, 2.75) is 13.3 Å². The summed E-state index contributed by atoms with van der Waals surface area (Å²) in [5, 5.41) is 0. The lowest BCUT2D eigenvalue weighted by atomic mass is 10.2. The van der Waals surface area contributed by atoms with Gasteiger partial charge in [-0.15, -0.1) is 0 Å². The molecule has 0 saturated heterocycles. The van der Waals surface area contributed by atoms with Crippen molar-refractivity contribution >= 4 is 19.7 Å². The van der Waals surface area contributed by atoms with Gasteiger partial charge in [-0.2, -0.15) is 0 Å². The number of ether oxygens (including phenoxy) is 2.